The molecule has 0 fully saturated rings. The highest BCUT2D eigenvalue weighted by atomic mass is 32.2. The average molecular weight is 281 g/mol. The van der Waals surface area contributed by atoms with Gasteiger partial charge in [-0.05, 0) is 6.07 Å². The molecule has 2 rings (SSSR count). The van der Waals surface area contributed by atoms with E-state index in [2.05, 4.69) is 14.7 Å². The van der Waals surface area contributed by atoms with E-state index in [0.717, 1.165) is 0 Å². The number of rotatable bonds is 3. The van der Waals surface area contributed by atoms with Crippen LogP contribution in [0.2, 0.25) is 0 Å². The van der Waals surface area contributed by atoms with Crippen molar-refractivity contribution in [2.75, 3.05) is 13.4 Å². The van der Waals surface area contributed by atoms with Crippen molar-refractivity contribution >= 4 is 27.8 Å². The van der Waals surface area contributed by atoms with Gasteiger partial charge >= 0.3 is 5.97 Å². The first-order valence-corrected chi connectivity index (χ1v) is 6.85. The van der Waals surface area contributed by atoms with E-state index in [1.165, 1.54) is 30.2 Å². The molecule has 2 heterocycles. The summed E-state index contributed by atoms with van der Waals surface area (Å²) in [5.41, 5.74) is -0.123. The smallest absolute Gasteiger partial charge is 0.325 e. The third-order valence-corrected chi connectivity index (χ3v) is 3.18. The van der Waals surface area contributed by atoms with Gasteiger partial charge in [0.25, 0.3) is 5.56 Å². The number of hydrogen-bond donors (Lipinski definition) is 0. The number of methoxy groups -OCH3 is 1. The van der Waals surface area contributed by atoms with E-state index in [1.54, 1.807) is 6.07 Å². The average Bonchev–Trinajstić information content (AvgIpc) is 2.41. The maximum absolute atomic E-state index is 11.8. The van der Waals surface area contributed by atoms with Crippen molar-refractivity contribution in [1.82, 2.24) is 14.5 Å². The van der Waals surface area contributed by atoms with E-state index in [9.17, 15) is 13.8 Å². The molecule has 8 heteroatoms. The molecule has 0 spiro atoms. The van der Waals surface area contributed by atoms with Crippen molar-refractivity contribution in [2.24, 2.45) is 0 Å². The van der Waals surface area contributed by atoms with Crippen LogP contribution in [0.1, 0.15) is 0 Å². The Hall–Kier alpha value is -2.09. The van der Waals surface area contributed by atoms with Crippen molar-refractivity contribution in [3.63, 3.8) is 0 Å². The molecular weight excluding hydrogens is 270 g/mol. The molecule has 0 saturated heterocycles. The molecule has 0 aliphatic rings. The zero-order valence-electron chi connectivity index (χ0n) is 10.3. The highest BCUT2D eigenvalue weighted by molar-refractivity contribution is 7.84. The molecule has 1 unspecified atom stereocenters. The summed E-state index contributed by atoms with van der Waals surface area (Å²) in [4.78, 5) is 31.1. The monoisotopic (exact) mass is 281 g/mol. The summed E-state index contributed by atoms with van der Waals surface area (Å²) < 4.78 is 17.1. The predicted octanol–water partition coefficient (Wildman–Crippen LogP) is -0.298. The SMILES string of the molecule is COC(=O)Cn1c(=O)ccc2cnc(S(C)=O)nc21. The molecule has 0 N–H and O–H groups in total. The fourth-order valence-electron chi connectivity index (χ4n) is 1.54. The first kappa shape index (κ1) is 13.3. The Morgan fingerprint density at radius 1 is 1.47 bits per heavy atom. The van der Waals surface area contributed by atoms with Gasteiger partial charge in [0.1, 0.15) is 12.2 Å². The lowest BCUT2D eigenvalue weighted by Crippen LogP contribution is -2.25. The van der Waals surface area contributed by atoms with Crippen LogP contribution < -0.4 is 5.56 Å². The first-order valence-electron chi connectivity index (χ1n) is 5.30. The molecule has 7 nitrogen and oxygen atoms in total. The van der Waals surface area contributed by atoms with Crippen LogP contribution in [0.25, 0.3) is 11.0 Å². The number of carbonyl (C=O) groups excluding carboxylic acids is 1. The van der Waals surface area contributed by atoms with E-state index in [0.29, 0.717) is 5.39 Å². The minimum Gasteiger partial charge on any atom is -0.468 e. The Balaban J connectivity index is 2.68. The zero-order chi connectivity index (χ0) is 14.0. The highest BCUT2D eigenvalue weighted by Gasteiger charge is 2.11. The normalized spacial score (nSPS) is 12.3. The van der Waals surface area contributed by atoms with Gasteiger partial charge in [0.2, 0.25) is 5.16 Å². The van der Waals surface area contributed by atoms with E-state index in [-0.39, 0.29) is 22.9 Å². The lowest BCUT2D eigenvalue weighted by molar-refractivity contribution is -0.141. The van der Waals surface area contributed by atoms with Crippen LogP contribution in [0.3, 0.4) is 0 Å². The summed E-state index contributed by atoms with van der Waals surface area (Å²) in [5.74, 6) is -0.563. The van der Waals surface area contributed by atoms with Crippen LogP contribution in [-0.4, -0.2) is 38.1 Å². The molecular formula is C11H11N3O4S. The summed E-state index contributed by atoms with van der Waals surface area (Å²) in [6.45, 7) is -0.251. The number of carbonyl (C=O) groups is 1. The molecule has 0 saturated carbocycles. The summed E-state index contributed by atoms with van der Waals surface area (Å²) in [5, 5.41) is 0.689. The minimum absolute atomic E-state index is 0.108. The number of aromatic nitrogens is 3. The quantitative estimate of drug-likeness (QED) is 0.567. The predicted molar refractivity (Wildman–Crippen MR) is 68.1 cm³/mol. The van der Waals surface area contributed by atoms with Gasteiger partial charge in [-0.3, -0.25) is 18.4 Å². The summed E-state index contributed by atoms with van der Waals surface area (Å²) in [6, 6.07) is 2.87. The van der Waals surface area contributed by atoms with Gasteiger partial charge in [-0.1, -0.05) is 0 Å². The van der Waals surface area contributed by atoms with Crippen LogP contribution in [0.4, 0.5) is 0 Å². The van der Waals surface area contributed by atoms with E-state index in [1.807, 2.05) is 0 Å². The second-order valence-electron chi connectivity index (χ2n) is 3.72. The van der Waals surface area contributed by atoms with Gasteiger partial charge in [-0.25, -0.2) is 9.97 Å². The molecule has 2 aromatic heterocycles. The van der Waals surface area contributed by atoms with Crippen LogP contribution in [0, 0.1) is 0 Å². The molecule has 100 valence electrons. The van der Waals surface area contributed by atoms with Crippen molar-refractivity contribution in [2.45, 2.75) is 11.7 Å². The second kappa shape index (κ2) is 5.27. The Morgan fingerprint density at radius 2 is 2.21 bits per heavy atom. The number of pyridine rings is 1. The van der Waals surface area contributed by atoms with Gasteiger partial charge < -0.3 is 4.74 Å². The van der Waals surface area contributed by atoms with E-state index < -0.39 is 16.8 Å². The lowest BCUT2D eigenvalue weighted by atomic mass is 10.3. The molecule has 0 aliphatic heterocycles. The van der Waals surface area contributed by atoms with Gasteiger partial charge in [0, 0.05) is 23.9 Å². The van der Waals surface area contributed by atoms with Gasteiger partial charge in [-0.15, -0.1) is 0 Å². The molecule has 19 heavy (non-hydrogen) atoms. The van der Waals surface area contributed by atoms with Gasteiger partial charge in [-0.2, -0.15) is 0 Å². The van der Waals surface area contributed by atoms with Crippen molar-refractivity contribution < 1.29 is 13.7 Å². The molecule has 0 aliphatic carbocycles. The topological polar surface area (TPSA) is 91.1 Å². The standard InChI is InChI=1S/C11H11N3O4S/c1-18-9(16)6-14-8(15)4-3-7-5-12-11(19(2)17)13-10(7)14/h3-5H,6H2,1-2H3. The number of ether oxygens (including phenoxy) is 1. The largest absolute Gasteiger partial charge is 0.468 e. The van der Waals surface area contributed by atoms with Gasteiger partial charge in [0.15, 0.2) is 0 Å². The van der Waals surface area contributed by atoms with Crippen LogP contribution in [0.5, 0.6) is 0 Å². The zero-order valence-corrected chi connectivity index (χ0v) is 11.1. The molecule has 0 radical (unpaired) electrons. The summed E-state index contributed by atoms with van der Waals surface area (Å²) >= 11 is 0. The molecule has 1 atom stereocenters. The van der Waals surface area contributed by atoms with Gasteiger partial charge in [0.05, 0.1) is 17.9 Å². The third-order valence-electron chi connectivity index (χ3n) is 2.47. The van der Waals surface area contributed by atoms with Crippen molar-refractivity contribution in [3.05, 3.63) is 28.7 Å². The number of esters is 1. The fraction of sp³-hybridized carbons (Fsp3) is 0.273. The van der Waals surface area contributed by atoms with Crippen LogP contribution >= 0.6 is 0 Å². The minimum atomic E-state index is -1.37. The second-order valence-corrected chi connectivity index (χ2v) is 4.99. The van der Waals surface area contributed by atoms with Crippen molar-refractivity contribution in [1.29, 1.82) is 0 Å². The first-order chi connectivity index (χ1) is 9.02. The molecule has 0 bridgehead atoms. The summed E-state index contributed by atoms with van der Waals surface area (Å²) in [6.07, 6.45) is 2.90. The molecule has 0 aromatic carbocycles. The number of hydrogen-bond acceptors (Lipinski definition) is 6. The summed E-state index contributed by atoms with van der Waals surface area (Å²) in [7, 11) is -0.132. The maximum Gasteiger partial charge on any atom is 0.325 e. The Morgan fingerprint density at radius 3 is 2.84 bits per heavy atom. The van der Waals surface area contributed by atoms with E-state index >= 15 is 0 Å². The Labute approximate surface area is 110 Å². The molecule has 2 aromatic rings. The van der Waals surface area contributed by atoms with E-state index in [4.69, 9.17) is 0 Å². The Kier molecular flexibility index (Phi) is 3.70. The highest BCUT2D eigenvalue weighted by Crippen LogP contribution is 2.09. The number of fused-ring (bicyclic) bond motifs is 1. The lowest BCUT2D eigenvalue weighted by Gasteiger charge is -2.08. The van der Waals surface area contributed by atoms with Crippen LogP contribution in [0.15, 0.2) is 28.3 Å². The number of nitrogens with zero attached hydrogens (tertiary/aromatic N) is 3. The Bertz CT molecular complexity index is 725. The fourth-order valence-corrected chi connectivity index (χ4v) is 1.96. The van der Waals surface area contributed by atoms with Crippen LogP contribution in [-0.2, 0) is 26.9 Å². The van der Waals surface area contributed by atoms with Crippen molar-refractivity contribution in [3.8, 4) is 0 Å². The molecule has 0 amide bonds. The maximum atomic E-state index is 11.8. The third kappa shape index (κ3) is 2.68.